The van der Waals surface area contributed by atoms with Crippen LogP contribution in [0.25, 0.3) is 0 Å². The highest BCUT2D eigenvalue weighted by Crippen LogP contribution is 2.32. The summed E-state index contributed by atoms with van der Waals surface area (Å²) in [7, 11) is 0. The zero-order chi connectivity index (χ0) is 14.3. The molecule has 3 heteroatoms. The summed E-state index contributed by atoms with van der Waals surface area (Å²) >= 11 is 0. The predicted molar refractivity (Wildman–Crippen MR) is 84.4 cm³/mol. The van der Waals surface area contributed by atoms with Crippen molar-refractivity contribution < 1.29 is 0 Å². The van der Waals surface area contributed by atoms with Gasteiger partial charge in [-0.2, -0.15) is 0 Å². The Bertz CT molecular complexity index is 369. The molecule has 0 bridgehead atoms. The second kappa shape index (κ2) is 7.75. The van der Waals surface area contributed by atoms with Crippen LogP contribution in [0.4, 0.5) is 0 Å². The van der Waals surface area contributed by atoms with Gasteiger partial charge in [-0.15, -0.1) is 0 Å². The van der Waals surface area contributed by atoms with Crippen LogP contribution in [-0.2, 0) is 6.54 Å². The second-order valence-electron chi connectivity index (χ2n) is 6.07. The first-order valence-corrected chi connectivity index (χ1v) is 8.15. The van der Waals surface area contributed by atoms with Gasteiger partial charge < -0.3 is 5.73 Å². The highest BCUT2D eigenvalue weighted by atomic mass is 15.2. The van der Waals surface area contributed by atoms with E-state index in [1.807, 2.05) is 12.4 Å². The van der Waals surface area contributed by atoms with Crippen molar-refractivity contribution in [1.82, 2.24) is 9.88 Å². The lowest BCUT2D eigenvalue weighted by Crippen LogP contribution is -2.53. The standard InChI is InChI=1S/C17H29N3/c1-2-20(14-16-8-12-19-13-9-16)17(15-18)10-6-4-3-5-7-11-17/h8-9,12-13H,2-7,10-11,14-15,18H2,1H3. The number of rotatable bonds is 5. The van der Waals surface area contributed by atoms with Gasteiger partial charge in [0.15, 0.2) is 0 Å². The number of nitrogens with two attached hydrogens (primary N) is 1. The molecular weight excluding hydrogens is 246 g/mol. The topological polar surface area (TPSA) is 42.2 Å². The third-order valence-corrected chi connectivity index (χ3v) is 4.84. The quantitative estimate of drug-likeness (QED) is 0.896. The second-order valence-corrected chi connectivity index (χ2v) is 6.07. The molecule has 0 atom stereocenters. The molecule has 1 aromatic heterocycles. The Hall–Kier alpha value is -0.930. The van der Waals surface area contributed by atoms with Crippen molar-refractivity contribution in [3.05, 3.63) is 30.1 Å². The average molecular weight is 275 g/mol. The molecule has 1 aliphatic carbocycles. The number of hydrogen-bond acceptors (Lipinski definition) is 3. The summed E-state index contributed by atoms with van der Waals surface area (Å²) in [5.74, 6) is 0. The first-order valence-electron chi connectivity index (χ1n) is 8.15. The molecule has 1 saturated carbocycles. The third kappa shape index (κ3) is 3.80. The van der Waals surface area contributed by atoms with Crippen LogP contribution in [0.3, 0.4) is 0 Å². The molecular formula is C17H29N3. The van der Waals surface area contributed by atoms with Crippen LogP contribution >= 0.6 is 0 Å². The van der Waals surface area contributed by atoms with Crippen molar-refractivity contribution in [2.75, 3.05) is 13.1 Å². The molecule has 20 heavy (non-hydrogen) atoms. The molecule has 1 aliphatic rings. The maximum atomic E-state index is 6.23. The van der Waals surface area contributed by atoms with Crippen molar-refractivity contribution in [3.63, 3.8) is 0 Å². The van der Waals surface area contributed by atoms with E-state index in [9.17, 15) is 0 Å². The first kappa shape index (κ1) is 15.5. The molecule has 0 aromatic carbocycles. The van der Waals surface area contributed by atoms with Gasteiger partial charge in [0.25, 0.3) is 0 Å². The molecule has 112 valence electrons. The van der Waals surface area contributed by atoms with E-state index in [2.05, 4.69) is 28.9 Å². The van der Waals surface area contributed by atoms with Gasteiger partial charge in [-0.25, -0.2) is 0 Å². The Morgan fingerprint density at radius 1 is 1.10 bits per heavy atom. The smallest absolute Gasteiger partial charge is 0.0335 e. The van der Waals surface area contributed by atoms with Gasteiger partial charge in [-0.05, 0) is 37.1 Å². The summed E-state index contributed by atoms with van der Waals surface area (Å²) in [6.07, 6.45) is 13.1. The van der Waals surface area contributed by atoms with Crippen LogP contribution in [0.5, 0.6) is 0 Å². The molecule has 2 rings (SSSR count). The first-order chi connectivity index (χ1) is 9.80. The van der Waals surface area contributed by atoms with Gasteiger partial charge in [0.1, 0.15) is 0 Å². The van der Waals surface area contributed by atoms with E-state index >= 15 is 0 Å². The predicted octanol–water partition coefficient (Wildman–Crippen LogP) is 3.35. The van der Waals surface area contributed by atoms with E-state index in [1.165, 1.54) is 50.5 Å². The zero-order valence-electron chi connectivity index (χ0n) is 12.9. The van der Waals surface area contributed by atoms with Crippen molar-refractivity contribution >= 4 is 0 Å². The fraction of sp³-hybridized carbons (Fsp3) is 0.706. The largest absolute Gasteiger partial charge is 0.329 e. The van der Waals surface area contributed by atoms with E-state index in [1.54, 1.807) is 0 Å². The van der Waals surface area contributed by atoms with E-state index in [-0.39, 0.29) is 5.54 Å². The zero-order valence-corrected chi connectivity index (χ0v) is 12.9. The summed E-state index contributed by atoms with van der Waals surface area (Å²) in [5.41, 5.74) is 7.79. The van der Waals surface area contributed by atoms with Gasteiger partial charge in [-0.3, -0.25) is 9.88 Å². The van der Waals surface area contributed by atoms with Crippen LogP contribution in [0.15, 0.2) is 24.5 Å². The highest BCUT2D eigenvalue weighted by Gasteiger charge is 2.34. The Labute approximate surface area is 123 Å². The van der Waals surface area contributed by atoms with Crippen molar-refractivity contribution in [2.45, 2.75) is 64.0 Å². The average Bonchev–Trinajstić information content (AvgIpc) is 2.47. The Morgan fingerprint density at radius 3 is 2.25 bits per heavy atom. The number of nitrogens with zero attached hydrogens (tertiary/aromatic N) is 2. The number of hydrogen-bond donors (Lipinski definition) is 1. The van der Waals surface area contributed by atoms with Crippen LogP contribution in [0.2, 0.25) is 0 Å². The van der Waals surface area contributed by atoms with E-state index in [4.69, 9.17) is 5.73 Å². The van der Waals surface area contributed by atoms with Gasteiger partial charge in [0.2, 0.25) is 0 Å². The molecule has 0 unspecified atom stereocenters. The van der Waals surface area contributed by atoms with Crippen LogP contribution < -0.4 is 5.73 Å². The summed E-state index contributed by atoms with van der Waals surface area (Å²) in [5, 5.41) is 0. The third-order valence-electron chi connectivity index (χ3n) is 4.84. The summed E-state index contributed by atoms with van der Waals surface area (Å²) in [4.78, 5) is 6.72. The Morgan fingerprint density at radius 2 is 1.70 bits per heavy atom. The van der Waals surface area contributed by atoms with Gasteiger partial charge >= 0.3 is 0 Å². The minimum absolute atomic E-state index is 0.207. The summed E-state index contributed by atoms with van der Waals surface area (Å²) < 4.78 is 0. The molecule has 1 heterocycles. The van der Waals surface area contributed by atoms with E-state index < -0.39 is 0 Å². The highest BCUT2D eigenvalue weighted by molar-refractivity contribution is 5.10. The molecule has 1 aromatic rings. The van der Waals surface area contributed by atoms with Crippen molar-refractivity contribution in [2.24, 2.45) is 5.73 Å². The summed E-state index contributed by atoms with van der Waals surface area (Å²) in [6, 6.07) is 4.24. The fourth-order valence-electron chi connectivity index (χ4n) is 3.54. The lowest BCUT2D eigenvalue weighted by atomic mass is 9.82. The Balaban J connectivity index is 2.12. The molecule has 0 saturated heterocycles. The van der Waals surface area contributed by atoms with E-state index in [0.717, 1.165) is 19.6 Å². The number of pyridine rings is 1. The van der Waals surface area contributed by atoms with Crippen LogP contribution in [0, 0.1) is 0 Å². The number of likely N-dealkylation sites (N-methyl/N-ethyl adjacent to an activating group) is 1. The lowest BCUT2D eigenvalue weighted by Gasteiger charge is -2.44. The minimum atomic E-state index is 0.207. The number of aromatic nitrogens is 1. The summed E-state index contributed by atoms with van der Waals surface area (Å²) in [6.45, 7) is 5.11. The SMILES string of the molecule is CCN(Cc1ccncc1)C1(CN)CCCCCCC1. The normalized spacial score (nSPS) is 19.6. The molecule has 3 nitrogen and oxygen atoms in total. The van der Waals surface area contributed by atoms with Crippen molar-refractivity contribution in [3.8, 4) is 0 Å². The van der Waals surface area contributed by atoms with Gasteiger partial charge in [0.05, 0.1) is 0 Å². The molecule has 0 radical (unpaired) electrons. The van der Waals surface area contributed by atoms with Gasteiger partial charge in [-0.1, -0.05) is 39.0 Å². The van der Waals surface area contributed by atoms with E-state index in [0.29, 0.717) is 0 Å². The maximum absolute atomic E-state index is 6.23. The minimum Gasteiger partial charge on any atom is -0.329 e. The fourth-order valence-corrected chi connectivity index (χ4v) is 3.54. The van der Waals surface area contributed by atoms with Crippen LogP contribution in [-0.4, -0.2) is 28.5 Å². The molecule has 0 aliphatic heterocycles. The maximum Gasteiger partial charge on any atom is 0.0335 e. The monoisotopic (exact) mass is 275 g/mol. The molecule has 2 N–H and O–H groups in total. The Kier molecular flexibility index (Phi) is 5.99. The molecule has 1 fully saturated rings. The lowest BCUT2D eigenvalue weighted by molar-refractivity contribution is 0.0643. The van der Waals surface area contributed by atoms with Crippen molar-refractivity contribution in [1.29, 1.82) is 0 Å². The van der Waals surface area contributed by atoms with Crippen LogP contribution in [0.1, 0.15) is 57.4 Å². The van der Waals surface area contributed by atoms with Gasteiger partial charge in [0, 0.05) is 31.0 Å². The molecule has 0 amide bonds. The molecule has 0 spiro atoms.